The van der Waals surface area contributed by atoms with Crippen molar-refractivity contribution < 1.29 is 8.42 Å². The number of nitrogen functional groups attached to an aromatic ring is 1. The first kappa shape index (κ1) is 13.8. The lowest BCUT2D eigenvalue weighted by Crippen LogP contribution is -2.38. The summed E-state index contributed by atoms with van der Waals surface area (Å²) in [4.78, 5) is 0. The lowest BCUT2D eigenvalue weighted by atomic mass is 9.87. The monoisotopic (exact) mass is 288 g/mol. The number of hydrogen-bond donors (Lipinski definition) is 1. The number of sulfonamides is 1. The molecular weight excluding hydrogens is 268 g/mol. The van der Waals surface area contributed by atoms with Gasteiger partial charge in [-0.1, -0.05) is 6.92 Å². The third kappa shape index (κ3) is 2.70. The molecule has 102 valence electrons. The van der Waals surface area contributed by atoms with Gasteiger partial charge in [0.05, 0.1) is 0 Å². The Balaban J connectivity index is 2.15. The first-order valence-corrected chi connectivity index (χ1v) is 8.55. The molecule has 2 rings (SSSR count). The van der Waals surface area contributed by atoms with Gasteiger partial charge in [-0.3, -0.25) is 0 Å². The van der Waals surface area contributed by atoms with Crippen molar-refractivity contribution in [2.24, 2.45) is 5.92 Å². The van der Waals surface area contributed by atoms with Crippen LogP contribution >= 0.6 is 11.3 Å². The summed E-state index contributed by atoms with van der Waals surface area (Å²) in [5.74, 6) is 0.717. The second-order valence-electron chi connectivity index (χ2n) is 5.13. The highest BCUT2D eigenvalue weighted by Crippen LogP contribution is 2.31. The predicted molar refractivity (Wildman–Crippen MR) is 75.1 cm³/mol. The van der Waals surface area contributed by atoms with Crippen LogP contribution in [-0.2, 0) is 10.0 Å². The molecule has 1 saturated carbocycles. The van der Waals surface area contributed by atoms with Crippen molar-refractivity contribution in [3.63, 3.8) is 0 Å². The van der Waals surface area contributed by atoms with E-state index in [0.717, 1.165) is 31.6 Å². The van der Waals surface area contributed by atoms with E-state index in [2.05, 4.69) is 6.92 Å². The van der Waals surface area contributed by atoms with E-state index >= 15 is 0 Å². The second kappa shape index (κ2) is 5.19. The molecule has 0 bridgehead atoms. The summed E-state index contributed by atoms with van der Waals surface area (Å²) in [5.41, 5.74) is 6.12. The maximum atomic E-state index is 12.4. The van der Waals surface area contributed by atoms with Crippen LogP contribution in [0.15, 0.2) is 15.7 Å². The molecule has 1 aliphatic carbocycles. The average Bonchev–Trinajstić information content (AvgIpc) is 2.76. The highest BCUT2D eigenvalue weighted by Gasteiger charge is 2.31. The van der Waals surface area contributed by atoms with Gasteiger partial charge in [0.1, 0.15) is 4.21 Å². The summed E-state index contributed by atoms with van der Waals surface area (Å²) in [7, 11) is -1.68. The molecule has 0 spiro atoms. The van der Waals surface area contributed by atoms with E-state index in [1.54, 1.807) is 18.5 Å². The maximum Gasteiger partial charge on any atom is 0.252 e. The molecule has 0 radical (unpaired) electrons. The standard InChI is InChI=1S/C12H20N2O2S2/c1-9-3-5-11(6-4-9)14(2)18(15,16)12-7-10(13)8-17-12/h7-9,11H,3-6,13H2,1-2H3. The number of hydrogen-bond acceptors (Lipinski definition) is 4. The van der Waals surface area contributed by atoms with E-state index < -0.39 is 10.0 Å². The Morgan fingerprint density at radius 2 is 1.94 bits per heavy atom. The summed E-state index contributed by atoms with van der Waals surface area (Å²) in [6.45, 7) is 2.23. The van der Waals surface area contributed by atoms with E-state index in [1.807, 2.05) is 0 Å². The maximum absolute atomic E-state index is 12.4. The third-order valence-electron chi connectivity index (χ3n) is 3.73. The molecule has 1 aromatic rings. The predicted octanol–water partition coefficient (Wildman–Crippen LogP) is 2.53. The Morgan fingerprint density at radius 3 is 2.44 bits per heavy atom. The van der Waals surface area contributed by atoms with Crippen LogP contribution in [0.3, 0.4) is 0 Å². The first-order chi connectivity index (χ1) is 8.41. The molecule has 0 amide bonds. The normalized spacial score (nSPS) is 25.5. The molecule has 0 atom stereocenters. The summed E-state index contributed by atoms with van der Waals surface area (Å²) in [6.07, 6.45) is 4.13. The molecule has 2 N–H and O–H groups in total. The van der Waals surface area contributed by atoms with Crippen LogP contribution in [0.1, 0.15) is 32.6 Å². The van der Waals surface area contributed by atoms with Crippen LogP contribution in [-0.4, -0.2) is 25.8 Å². The van der Waals surface area contributed by atoms with Crippen molar-refractivity contribution in [2.45, 2.75) is 42.9 Å². The lowest BCUT2D eigenvalue weighted by molar-refractivity contribution is 0.246. The third-order valence-corrected chi connectivity index (χ3v) is 7.07. The smallest absolute Gasteiger partial charge is 0.252 e. The number of thiophene rings is 1. The van der Waals surface area contributed by atoms with Crippen molar-refractivity contribution in [3.05, 3.63) is 11.4 Å². The zero-order valence-corrected chi connectivity index (χ0v) is 12.4. The Bertz CT molecular complexity index is 502. The zero-order chi connectivity index (χ0) is 13.3. The summed E-state index contributed by atoms with van der Waals surface area (Å²) in [5, 5.41) is 1.67. The van der Waals surface area contributed by atoms with E-state index in [-0.39, 0.29) is 6.04 Å². The van der Waals surface area contributed by atoms with Gasteiger partial charge in [-0.25, -0.2) is 8.42 Å². The molecule has 1 aliphatic rings. The minimum atomic E-state index is -3.36. The van der Waals surface area contributed by atoms with Crippen molar-refractivity contribution >= 4 is 27.0 Å². The fourth-order valence-corrected chi connectivity index (χ4v) is 5.09. The van der Waals surface area contributed by atoms with Crippen molar-refractivity contribution in [1.82, 2.24) is 4.31 Å². The SMILES string of the molecule is CC1CCC(N(C)S(=O)(=O)c2cc(N)cs2)CC1. The highest BCUT2D eigenvalue weighted by molar-refractivity contribution is 7.91. The summed E-state index contributed by atoms with van der Waals surface area (Å²) in [6, 6.07) is 1.68. The van der Waals surface area contributed by atoms with Gasteiger partial charge < -0.3 is 5.73 Å². The number of nitrogens with zero attached hydrogens (tertiary/aromatic N) is 1. The van der Waals surface area contributed by atoms with Crippen molar-refractivity contribution in [3.8, 4) is 0 Å². The highest BCUT2D eigenvalue weighted by atomic mass is 32.2. The zero-order valence-electron chi connectivity index (χ0n) is 10.8. The van der Waals surface area contributed by atoms with Crippen LogP contribution in [0.5, 0.6) is 0 Å². The molecule has 6 heteroatoms. The lowest BCUT2D eigenvalue weighted by Gasteiger charge is -2.32. The van der Waals surface area contributed by atoms with Crippen LogP contribution in [0.2, 0.25) is 0 Å². The van der Waals surface area contributed by atoms with Gasteiger partial charge in [0.2, 0.25) is 0 Å². The van der Waals surface area contributed by atoms with Gasteiger partial charge >= 0.3 is 0 Å². The quantitative estimate of drug-likeness (QED) is 0.929. The molecule has 18 heavy (non-hydrogen) atoms. The van der Waals surface area contributed by atoms with Gasteiger partial charge in [-0.05, 0) is 37.7 Å². The second-order valence-corrected chi connectivity index (χ2v) is 8.27. The van der Waals surface area contributed by atoms with Crippen molar-refractivity contribution in [1.29, 1.82) is 0 Å². The van der Waals surface area contributed by atoms with Gasteiger partial charge in [0, 0.05) is 24.2 Å². The Labute approximate surface area is 113 Å². The van der Waals surface area contributed by atoms with E-state index in [1.165, 1.54) is 15.6 Å². The topological polar surface area (TPSA) is 63.4 Å². The van der Waals surface area contributed by atoms with Crippen LogP contribution in [0, 0.1) is 5.92 Å². The fourth-order valence-electron chi connectivity index (χ4n) is 2.41. The first-order valence-electron chi connectivity index (χ1n) is 6.23. The molecule has 1 heterocycles. The average molecular weight is 288 g/mol. The molecule has 4 nitrogen and oxygen atoms in total. The fraction of sp³-hybridized carbons (Fsp3) is 0.667. The molecular formula is C12H20N2O2S2. The molecule has 0 aromatic carbocycles. The molecule has 0 aliphatic heterocycles. The molecule has 0 saturated heterocycles. The number of anilines is 1. The van der Waals surface area contributed by atoms with E-state index in [4.69, 9.17) is 5.73 Å². The van der Waals surface area contributed by atoms with Gasteiger partial charge in [0.15, 0.2) is 0 Å². The Kier molecular flexibility index (Phi) is 3.99. The van der Waals surface area contributed by atoms with Crippen LogP contribution in [0.4, 0.5) is 5.69 Å². The largest absolute Gasteiger partial charge is 0.398 e. The Morgan fingerprint density at radius 1 is 1.33 bits per heavy atom. The Hall–Kier alpha value is -0.590. The molecule has 1 fully saturated rings. The minimum absolute atomic E-state index is 0.134. The summed E-state index contributed by atoms with van der Waals surface area (Å²) < 4.78 is 26.7. The van der Waals surface area contributed by atoms with E-state index in [0.29, 0.717) is 9.90 Å². The number of rotatable bonds is 3. The molecule has 0 unspecified atom stereocenters. The van der Waals surface area contributed by atoms with Crippen LogP contribution < -0.4 is 5.73 Å². The van der Waals surface area contributed by atoms with E-state index in [9.17, 15) is 8.42 Å². The molecule has 1 aromatic heterocycles. The summed E-state index contributed by atoms with van der Waals surface area (Å²) >= 11 is 1.19. The van der Waals surface area contributed by atoms with Crippen LogP contribution in [0.25, 0.3) is 0 Å². The van der Waals surface area contributed by atoms with Gasteiger partial charge in [-0.15, -0.1) is 11.3 Å². The van der Waals surface area contributed by atoms with Gasteiger partial charge in [0.25, 0.3) is 10.0 Å². The van der Waals surface area contributed by atoms with Gasteiger partial charge in [-0.2, -0.15) is 4.31 Å². The minimum Gasteiger partial charge on any atom is -0.398 e. The number of nitrogens with two attached hydrogens (primary N) is 1. The van der Waals surface area contributed by atoms with Crippen molar-refractivity contribution in [2.75, 3.05) is 12.8 Å².